The molecule has 1 aromatic carbocycles. The Balaban J connectivity index is 1.94. The molecule has 18 heavy (non-hydrogen) atoms. The fourth-order valence-corrected chi connectivity index (χ4v) is 2.73. The van der Waals surface area contributed by atoms with Crippen molar-refractivity contribution in [2.24, 2.45) is 0 Å². The van der Waals surface area contributed by atoms with E-state index in [4.69, 9.17) is 0 Å². The Labute approximate surface area is 111 Å². The maximum Gasteiger partial charge on any atom is 0.123 e. The van der Waals surface area contributed by atoms with E-state index in [0.29, 0.717) is 12.8 Å². The quantitative estimate of drug-likeness (QED) is 0.870. The van der Waals surface area contributed by atoms with E-state index < -0.39 is 5.60 Å². The van der Waals surface area contributed by atoms with Gasteiger partial charge in [0.1, 0.15) is 5.82 Å². The Hall–Kier alpha value is -1.19. The minimum absolute atomic E-state index is 0.249. The van der Waals surface area contributed by atoms with Gasteiger partial charge >= 0.3 is 0 Å². The Kier molecular flexibility index (Phi) is 4.15. The van der Waals surface area contributed by atoms with E-state index in [-0.39, 0.29) is 5.82 Å². The van der Waals surface area contributed by atoms with Crippen LogP contribution < -0.4 is 0 Å². The molecule has 1 atom stereocenters. The van der Waals surface area contributed by atoms with Crippen LogP contribution in [0, 0.1) is 5.82 Å². The molecule has 0 bridgehead atoms. The molecule has 3 heteroatoms. The average Bonchev–Trinajstić information content (AvgIpc) is 2.78. The first-order valence-electron chi connectivity index (χ1n) is 6.04. The van der Waals surface area contributed by atoms with Crippen molar-refractivity contribution in [3.63, 3.8) is 0 Å². The summed E-state index contributed by atoms with van der Waals surface area (Å²) in [7, 11) is 0. The highest BCUT2D eigenvalue weighted by atomic mass is 32.1. The minimum Gasteiger partial charge on any atom is -0.390 e. The number of benzene rings is 1. The largest absolute Gasteiger partial charge is 0.390 e. The lowest BCUT2D eigenvalue weighted by molar-refractivity contribution is 0.0517. The van der Waals surface area contributed by atoms with E-state index in [1.54, 1.807) is 17.4 Å². The summed E-state index contributed by atoms with van der Waals surface area (Å²) >= 11 is 1.70. The minimum atomic E-state index is -0.794. The fraction of sp³-hybridized carbons (Fsp3) is 0.333. The zero-order chi connectivity index (χ0) is 13.0. The summed E-state index contributed by atoms with van der Waals surface area (Å²) in [5.74, 6) is -0.249. The summed E-state index contributed by atoms with van der Waals surface area (Å²) in [4.78, 5) is 1.27. The molecular weight excluding hydrogens is 247 g/mol. The lowest BCUT2D eigenvalue weighted by atomic mass is 9.91. The van der Waals surface area contributed by atoms with Crippen molar-refractivity contribution in [1.82, 2.24) is 0 Å². The van der Waals surface area contributed by atoms with Crippen LogP contribution in [0.4, 0.5) is 4.39 Å². The number of hydrogen-bond acceptors (Lipinski definition) is 2. The van der Waals surface area contributed by atoms with Crippen molar-refractivity contribution in [2.45, 2.75) is 31.8 Å². The van der Waals surface area contributed by atoms with E-state index in [2.05, 4.69) is 6.07 Å². The number of aliphatic hydroxyl groups is 1. The second-order valence-corrected chi connectivity index (χ2v) is 5.92. The lowest BCUT2D eigenvalue weighted by Gasteiger charge is -2.23. The number of thiophene rings is 1. The molecule has 0 spiro atoms. The van der Waals surface area contributed by atoms with Gasteiger partial charge in [0.05, 0.1) is 5.60 Å². The summed E-state index contributed by atoms with van der Waals surface area (Å²) in [6.07, 6.45) is 2.03. The van der Waals surface area contributed by atoms with Gasteiger partial charge in [-0.3, -0.25) is 0 Å². The predicted octanol–water partition coefficient (Wildman–Crippen LogP) is 3.81. The zero-order valence-corrected chi connectivity index (χ0v) is 11.2. The Morgan fingerprint density at radius 1 is 1.28 bits per heavy atom. The standard InChI is InChI=1S/C15H17FOS/c1-15(17,8-7-14-6-3-9-18-14)11-12-4-2-5-13(16)10-12/h2-6,9-10,17H,7-8,11H2,1H3. The molecule has 0 radical (unpaired) electrons. The summed E-state index contributed by atoms with van der Waals surface area (Å²) in [6.45, 7) is 1.81. The van der Waals surface area contributed by atoms with Gasteiger partial charge in [0.2, 0.25) is 0 Å². The van der Waals surface area contributed by atoms with Gasteiger partial charge in [-0.25, -0.2) is 4.39 Å². The van der Waals surface area contributed by atoms with E-state index >= 15 is 0 Å². The smallest absolute Gasteiger partial charge is 0.123 e. The van der Waals surface area contributed by atoms with Crippen LogP contribution in [0.25, 0.3) is 0 Å². The van der Waals surface area contributed by atoms with Crippen molar-refractivity contribution in [3.8, 4) is 0 Å². The summed E-state index contributed by atoms with van der Waals surface area (Å²) in [5, 5.41) is 12.4. The molecule has 0 saturated heterocycles. The second-order valence-electron chi connectivity index (χ2n) is 4.88. The van der Waals surface area contributed by atoms with Gasteiger partial charge in [-0.15, -0.1) is 11.3 Å². The highest BCUT2D eigenvalue weighted by molar-refractivity contribution is 7.09. The highest BCUT2D eigenvalue weighted by Gasteiger charge is 2.21. The number of hydrogen-bond donors (Lipinski definition) is 1. The second kappa shape index (κ2) is 5.63. The van der Waals surface area contributed by atoms with Crippen LogP contribution in [-0.4, -0.2) is 10.7 Å². The van der Waals surface area contributed by atoms with Crippen molar-refractivity contribution >= 4 is 11.3 Å². The molecule has 96 valence electrons. The molecule has 1 nitrogen and oxygen atoms in total. The van der Waals surface area contributed by atoms with Crippen molar-refractivity contribution in [3.05, 3.63) is 58.0 Å². The highest BCUT2D eigenvalue weighted by Crippen LogP contribution is 2.21. The first kappa shape index (κ1) is 13.2. The molecule has 1 N–H and O–H groups in total. The van der Waals surface area contributed by atoms with Crippen molar-refractivity contribution in [2.75, 3.05) is 0 Å². The Morgan fingerprint density at radius 2 is 2.11 bits per heavy atom. The monoisotopic (exact) mass is 264 g/mol. The van der Waals surface area contributed by atoms with E-state index in [9.17, 15) is 9.50 Å². The zero-order valence-electron chi connectivity index (χ0n) is 10.4. The number of rotatable bonds is 5. The Morgan fingerprint density at radius 3 is 2.78 bits per heavy atom. The molecule has 1 unspecified atom stereocenters. The summed E-state index contributed by atoms with van der Waals surface area (Å²) in [6, 6.07) is 10.5. The number of aryl methyl sites for hydroxylation is 1. The van der Waals surface area contributed by atoms with Gasteiger partial charge in [0, 0.05) is 11.3 Å². The van der Waals surface area contributed by atoms with E-state index in [1.807, 2.05) is 24.4 Å². The van der Waals surface area contributed by atoms with Gasteiger partial charge in [0.25, 0.3) is 0 Å². The van der Waals surface area contributed by atoms with Crippen LogP contribution in [0.1, 0.15) is 23.8 Å². The van der Waals surface area contributed by atoms with Gasteiger partial charge in [-0.1, -0.05) is 18.2 Å². The average molecular weight is 264 g/mol. The predicted molar refractivity (Wildman–Crippen MR) is 73.4 cm³/mol. The Bertz CT molecular complexity index is 491. The third-order valence-electron chi connectivity index (χ3n) is 2.96. The fourth-order valence-electron chi connectivity index (χ4n) is 2.02. The first-order valence-corrected chi connectivity index (χ1v) is 6.92. The SMILES string of the molecule is CC(O)(CCc1cccs1)Cc1cccc(F)c1. The van der Waals surface area contributed by atoms with E-state index in [0.717, 1.165) is 12.0 Å². The molecule has 1 aromatic heterocycles. The molecule has 0 amide bonds. The van der Waals surface area contributed by atoms with E-state index in [1.165, 1.54) is 17.0 Å². The molecule has 1 heterocycles. The van der Waals surface area contributed by atoms with Crippen LogP contribution in [0.3, 0.4) is 0 Å². The molecule has 2 rings (SSSR count). The van der Waals surface area contributed by atoms with Gasteiger partial charge in [-0.05, 0) is 48.9 Å². The van der Waals surface area contributed by atoms with Crippen LogP contribution in [0.15, 0.2) is 41.8 Å². The molecule has 0 aliphatic heterocycles. The van der Waals surface area contributed by atoms with Crippen LogP contribution in [0.2, 0.25) is 0 Å². The van der Waals surface area contributed by atoms with Crippen LogP contribution in [0.5, 0.6) is 0 Å². The first-order chi connectivity index (χ1) is 8.55. The molecule has 0 aliphatic rings. The molecular formula is C15H17FOS. The molecule has 0 fully saturated rings. The lowest BCUT2D eigenvalue weighted by Crippen LogP contribution is -2.27. The third-order valence-corrected chi connectivity index (χ3v) is 3.90. The topological polar surface area (TPSA) is 20.2 Å². The van der Waals surface area contributed by atoms with Crippen molar-refractivity contribution in [1.29, 1.82) is 0 Å². The van der Waals surface area contributed by atoms with Crippen LogP contribution >= 0.6 is 11.3 Å². The van der Waals surface area contributed by atoms with Gasteiger partial charge < -0.3 is 5.11 Å². The molecule has 0 saturated carbocycles. The molecule has 2 aromatic rings. The molecule has 0 aliphatic carbocycles. The summed E-state index contributed by atoms with van der Waals surface area (Å²) in [5.41, 5.74) is 0.0452. The maximum absolute atomic E-state index is 13.1. The third kappa shape index (κ3) is 3.93. The van der Waals surface area contributed by atoms with Crippen molar-refractivity contribution < 1.29 is 9.50 Å². The van der Waals surface area contributed by atoms with Gasteiger partial charge in [-0.2, -0.15) is 0 Å². The van der Waals surface area contributed by atoms with Gasteiger partial charge in [0.15, 0.2) is 0 Å². The maximum atomic E-state index is 13.1. The summed E-state index contributed by atoms with van der Waals surface area (Å²) < 4.78 is 13.1. The van der Waals surface area contributed by atoms with Crippen LogP contribution in [-0.2, 0) is 12.8 Å². The normalized spacial score (nSPS) is 14.4. The number of halogens is 1.